The number of rotatable bonds is 5. The number of carbonyl (C=O) groups is 1. The average Bonchev–Trinajstić information content (AvgIpc) is 3.12. The molecule has 4 aromatic rings. The number of hydrogen-bond donors (Lipinski definition) is 2. The van der Waals surface area contributed by atoms with E-state index < -0.39 is 17.1 Å². The Kier molecular flexibility index (Phi) is 5.33. The minimum absolute atomic E-state index is 0.427. The topological polar surface area (TPSA) is 84.2 Å². The quantitative estimate of drug-likeness (QED) is 0.477. The number of aromatic nitrogens is 1. The normalized spacial score (nSPS) is 11.9. The summed E-state index contributed by atoms with van der Waals surface area (Å²) in [5.41, 5.74) is 4.01. The fourth-order valence-corrected chi connectivity index (χ4v) is 3.49. The minimum atomic E-state index is -1.80. The Bertz CT molecular complexity index is 1200. The zero-order valence-electron chi connectivity index (χ0n) is 15.3. The first-order valence-electron chi connectivity index (χ1n) is 8.70. The molecule has 29 heavy (non-hydrogen) atoms. The van der Waals surface area contributed by atoms with Crippen LogP contribution in [0.3, 0.4) is 0 Å². The van der Waals surface area contributed by atoms with Crippen LogP contribution in [0.25, 0.3) is 22.6 Å². The number of aryl methyl sites for hydroxylation is 1. The van der Waals surface area contributed by atoms with Gasteiger partial charge in [0.25, 0.3) is 5.91 Å². The highest BCUT2D eigenvalue weighted by molar-refractivity contribution is 7.85. The highest BCUT2D eigenvalue weighted by Gasteiger charge is 2.12. The van der Waals surface area contributed by atoms with Gasteiger partial charge < -0.3 is 4.42 Å². The number of halogens is 1. The first-order valence-corrected chi connectivity index (χ1v) is 10.2. The molecule has 0 aliphatic rings. The van der Waals surface area contributed by atoms with Crippen LogP contribution >= 0.6 is 11.6 Å². The van der Waals surface area contributed by atoms with Gasteiger partial charge in [0.15, 0.2) is 5.58 Å². The Morgan fingerprint density at radius 3 is 2.48 bits per heavy atom. The Labute approximate surface area is 174 Å². The number of hydrogen-bond acceptors (Lipinski definition) is 4. The van der Waals surface area contributed by atoms with E-state index in [0.29, 0.717) is 33.3 Å². The fourth-order valence-electron chi connectivity index (χ4n) is 2.69. The fraction of sp³-hybridized carbons (Fsp3) is 0.0476. The number of nitrogens with zero attached hydrogens (tertiary/aromatic N) is 1. The van der Waals surface area contributed by atoms with E-state index in [2.05, 4.69) is 14.4 Å². The van der Waals surface area contributed by atoms with Gasteiger partial charge in [0, 0.05) is 16.1 Å². The highest BCUT2D eigenvalue weighted by Crippen LogP contribution is 2.27. The van der Waals surface area contributed by atoms with E-state index >= 15 is 0 Å². The van der Waals surface area contributed by atoms with E-state index in [1.165, 1.54) is 0 Å². The zero-order valence-corrected chi connectivity index (χ0v) is 16.9. The molecule has 6 nitrogen and oxygen atoms in total. The van der Waals surface area contributed by atoms with Crippen LogP contribution in [0.2, 0.25) is 5.02 Å². The Morgan fingerprint density at radius 2 is 1.76 bits per heavy atom. The van der Waals surface area contributed by atoms with E-state index in [-0.39, 0.29) is 0 Å². The smallest absolute Gasteiger partial charge is 0.264 e. The molecule has 2 N–H and O–H groups in total. The van der Waals surface area contributed by atoms with E-state index in [1.54, 1.807) is 42.5 Å². The van der Waals surface area contributed by atoms with Crippen LogP contribution in [-0.2, 0) is 11.2 Å². The molecule has 0 fully saturated rings. The molecule has 0 spiro atoms. The van der Waals surface area contributed by atoms with Crippen molar-refractivity contribution in [1.82, 2.24) is 9.71 Å². The summed E-state index contributed by atoms with van der Waals surface area (Å²) in [5, 5.41) is 0.631. The van der Waals surface area contributed by atoms with Crippen LogP contribution in [0.4, 0.5) is 5.69 Å². The molecule has 1 aromatic heterocycles. The van der Waals surface area contributed by atoms with Gasteiger partial charge in [-0.25, -0.2) is 9.19 Å². The molecule has 146 valence electrons. The van der Waals surface area contributed by atoms with Crippen LogP contribution in [0.1, 0.15) is 15.9 Å². The van der Waals surface area contributed by atoms with Crippen molar-refractivity contribution in [3.05, 3.63) is 82.9 Å². The number of nitrogens with one attached hydrogen (secondary N) is 2. The largest absolute Gasteiger partial charge is 0.436 e. The van der Waals surface area contributed by atoms with Gasteiger partial charge in [0.05, 0.1) is 5.69 Å². The monoisotopic (exact) mass is 425 g/mol. The maximum atomic E-state index is 12.3. The number of oxazole rings is 1. The molecule has 8 heteroatoms. The molecule has 0 bridgehead atoms. The number of carbonyl (C=O) groups excluding carboxylic acids is 1. The third kappa shape index (κ3) is 4.47. The van der Waals surface area contributed by atoms with Gasteiger partial charge in [-0.1, -0.05) is 29.3 Å². The molecule has 0 saturated heterocycles. The predicted octanol–water partition coefficient (Wildman–Crippen LogP) is 4.88. The Morgan fingerprint density at radius 1 is 1.03 bits per heavy atom. The minimum Gasteiger partial charge on any atom is -0.436 e. The predicted molar refractivity (Wildman–Crippen MR) is 115 cm³/mol. The molecule has 0 radical (unpaired) electrons. The highest BCUT2D eigenvalue weighted by atomic mass is 35.5. The summed E-state index contributed by atoms with van der Waals surface area (Å²) in [6.45, 7) is 1.93. The number of amides is 1. The third-order valence-electron chi connectivity index (χ3n) is 4.19. The van der Waals surface area contributed by atoms with Crippen LogP contribution in [0.15, 0.2) is 71.1 Å². The lowest BCUT2D eigenvalue weighted by Gasteiger charge is -2.07. The van der Waals surface area contributed by atoms with Crippen molar-refractivity contribution in [1.29, 1.82) is 0 Å². The molecule has 0 saturated carbocycles. The van der Waals surface area contributed by atoms with Gasteiger partial charge in [-0.3, -0.25) is 14.2 Å². The Hall–Kier alpha value is -3.16. The molecule has 1 amide bonds. The summed E-state index contributed by atoms with van der Waals surface area (Å²) < 4.78 is 23.2. The van der Waals surface area contributed by atoms with Crippen molar-refractivity contribution >= 4 is 45.5 Å². The van der Waals surface area contributed by atoms with Crippen molar-refractivity contribution in [2.24, 2.45) is 0 Å². The van der Waals surface area contributed by atoms with Gasteiger partial charge >= 0.3 is 0 Å². The van der Waals surface area contributed by atoms with Gasteiger partial charge in [-0.2, -0.15) is 0 Å². The van der Waals surface area contributed by atoms with Crippen LogP contribution < -0.4 is 9.44 Å². The molecular weight excluding hydrogens is 410 g/mol. The maximum Gasteiger partial charge on any atom is 0.264 e. The first kappa shape index (κ1) is 19.2. The third-order valence-corrected chi connectivity index (χ3v) is 5.23. The molecular formula is C21H16ClN3O3S. The Balaban J connectivity index is 1.47. The van der Waals surface area contributed by atoms with Gasteiger partial charge in [-0.15, -0.1) is 0 Å². The molecule has 1 atom stereocenters. The van der Waals surface area contributed by atoms with Crippen LogP contribution in [-0.4, -0.2) is 15.1 Å². The van der Waals surface area contributed by atoms with Gasteiger partial charge in [-0.05, 0) is 61.5 Å². The average molecular weight is 426 g/mol. The summed E-state index contributed by atoms with van der Waals surface area (Å²) in [5.74, 6) is 0.0333. The van der Waals surface area contributed by atoms with Crippen molar-refractivity contribution in [3.63, 3.8) is 0 Å². The van der Waals surface area contributed by atoms with Gasteiger partial charge in [0.2, 0.25) is 17.1 Å². The number of fused-ring (bicyclic) bond motifs is 1. The lowest BCUT2D eigenvalue weighted by molar-refractivity contribution is 0.0983. The molecule has 0 unspecified atom stereocenters. The maximum absolute atomic E-state index is 12.3. The first-order chi connectivity index (χ1) is 14.0. The summed E-state index contributed by atoms with van der Waals surface area (Å²) in [7, 11) is 0. The molecule has 0 aliphatic carbocycles. The van der Waals surface area contributed by atoms with Gasteiger partial charge in [0.1, 0.15) is 5.52 Å². The lowest BCUT2D eigenvalue weighted by Crippen LogP contribution is -2.29. The summed E-state index contributed by atoms with van der Waals surface area (Å²) in [6.07, 6.45) is 0. The molecule has 3 aromatic carbocycles. The molecule has 1 heterocycles. The van der Waals surface area contributed by atoms with Crippen molar-refractivity contribution in [2.45, 2.75) is 6.92 Å². The molecule has 4 rings (SSSR count). The molecule has 0 aliphatic heterocycles. The second-order valence-corrected chi connectivity index (χ2v) is 7.76. The number of benzene rings is 3. The number of anilines is 1. The second-order valence-electron chi connectivity index (χ2n) is 6.38. The zero-order chi connectivity index (χ0) is 20.4. The lowest BCUT2D eigenvalue weighted by atomic mass is 10.1. The van der Waals surface area contributed by atoms with Crippen LogP contribution in [0, 0.1) is 6.92 Å². The second kappa shape index (κ2) is 8.06. The van der Waals surface area contributed by atoms with E-state index in [4.69, 9.17) is 16.0 Å². The SMILES string of the molecule is Cc1ccc(C(=O)N[S@](=O)Nc2ccc3oc(-c4ccc(Cl)cc4)nc3c2)cc1. The standard InChI is InChI=1S/C21H16ClN3O3S/c1-13-2-4-14(5-3-13)20(26)25-29(27)24-17-10-11-19-18(12-17)23-21(28-19)15-6-8-16(22)9-7-15/h2-12,24H,1H3,(H,25,26)/t29-/m1/s1. The van der Waals surface area contributed by atoms with Crippen LogP contribution in [0.5, 0.6) is 0 Å². The van der Waals surface area contributed by atoms with E-state index in [0.717, 1.165) is 11.1 Å². The summed E-state index contributed by atoms with van der Waals surface area (Å²) in [4.78, 5) is 16.6. The summed E-state index contributed by atoms with van der Waals surface area (Å²) >= 11 is 4.11. The van der Waals surface area contributed by atoms with E-state index in [1.807, 2.05) is 31.2 Å². The van der Waals surface area contributed by atoms with Crippen molar-refractivity contribution < 1.29 is 13.4 Å². The van der Waals surface area contributed by atoms with Crippen molar-refractivity contribution in [3.8, 4) is 11.5 Å². The van der Waals surface area contributed by atoms with Crippen molar-refractivity contribution in [2.75, 3.05) is 4.72 Å². The summed E-state index contributed by atoms with van der Waals surface area (Å²) in [6, 6.07) is 19.3. The van der Waals surface area contributed by atoms with E-state index in [9.17, 15) is 9.00 Å².